The van der Waals surface area contributed by atoms with Crippen molar-refractivity contribution in [3.63, 3.8) is 0 Å². The number of carbonyl (C=O) groups excluding carboxylic acids is 1. The minimum Gasteiger partial charge on any atom is -0.336 e. The van der Waals surface area contributed by atoms with E-state index in [1.165, 1.54) is 12.1 Å². The van der Waals surface area contributed by atoms with Gasteiger partial charge >= 0.3 is 0 Å². The number of rotatable bonds is 3. The number of amides is 1. The minimum absolute atomic E-state index is 0.0395. The van der Waals surface area contributed by atoms with Gasteiger partial charge in [0.15, 0.2) is 0 Å². The van der Waals surface area contributed by atoms with Gasteiger partial charge in [-0.25, -0.2) is 4.39 Å². The van der Waals surface area contributed by atoms with E-state index < -0.39 is 5.41 Å². The van der Waals surface area contributed by atoms with Crippen LogP contribution >= 0.6 is 0 Å². The maximum atomic E-state index is 12.9. The van der Waals surface area contributed by atoms with Crippen molar-refractivity contribution in [1.29, 1.82) is 0 Å². The summed E-state index contributed by atoms with van der Waals surface area (Å²) < 4.78 is 12.9. The number of hydrogen-bond acceptors (Lipinski definition) is 1. The van der Waals surface area contributed by atoms with E-state index in [0.717, 1.165) is 5.56 Å². The van der Waals surface area contributed by atoms with Crippen LogP contribution in [0.25, 0.3) is 0 Å². The molecule has 18 heavy (non-hydrogen) atoms. The fraction of sp³-hybridized carbons (Fsp3) is 0.533. The van der Waals surface area contributed by atoms with Crippen molar-refractivity contribution in [1.82, 2.24) is 4.90 Å². The number of hydrogen-bond donors (Lipinski definition) is 0. The lowest BCUT2D eigenvalue weighted by atomic mass is 9.93. The molecular weight excluding hydrogens is 229 g/mol. The van der Waals surface area contributed by atoms with Crippen molar-refractivity contribution in [3.8, 4) is 0 Å². The third-order valence-corrected chi connectivity index (χ3v) is 3.06. The van der Waals surface area contributed by atoms with E-state index in [4.69, 9.17) is 0 Å². The zero-order valence-electron chi connectivity index (χ0n) is 11.8. The first kappa shape index (κ1) is 14.7. The van der Waals surface area contributed by atoms with Crippen LogP contribution in [-0.4, -0.2) is 17.4 Å². The Hall–Kier alpha value is -1.38. The molecule has 0 saturated heterocycles. The zero-order valence-corrected chi connectivity index (χ0v) is 11.8. The van der Waals surface area contributed by atoms with E-state index in [0.29, 0.717) is 6.54 Å². The Labute approximate surface area is 109 Å². The first-order valence-corrected chi connectivity index (χ1v) is 6.34. The highest BCUT2D eigenvalue weighted by Crippen LogP contribution is 2.26. The summed E-state index contributed by atoms with van der Waals surface area (Å²) in [6.07, 6.45) is 0. The highest BCUT2D eigenvalue weighted by atomic mass is 19.1. The maximum absolute atomic E-state index is 12.9. The van der Waals surface area contributed by atoms with Crippen LogP contribution in [0.2, 0.25) is 0 Å². The summed E-state index contributed by atoms with van der Waals surface area (Å²) in [5.74, 6) is -0.141. The van der Waals surface area contributed by atoms with Crippen LogP contribution in [0.1, 0.15) is 46.2 Å². The van der Waals surface area contributed by atoms with Crippen molar-refractivity contribution in [2.45, 2.75) is 40.7 Å². The maximum Gasteiger partial charge on any atom is 0.228 e. The summed E-state index contributed by atoms with van der Waals surface area (Å²) in [4.78, 5) is 14.2. The molecule has 2 nitrogen and oxygen atoms in total. The number of halogens is 1. The summed E-state index contributed by atoms with van der Waals surface area (Å²) in [6, 6.07) is 6.29. The van der Waals surface area contributed by atoms with Crippen LogP contribution in [0.5, 0.6) is 0 Å². The van der Waals surface area contributed by atoms with Crippen LogP contribution < -0.4 is 0 Å². The van der Waals surface area contributed by atoms with Gasteiger partial charge in [0.25, 0.3) is 0 Å². The van der Waals surface area contributed by atoms with Gasteiger partial charge in [0, 0.05) is 12.0 Å². The molecule has 0 aliphatic heterocycles. The van der Waals surface area contributed by atoms with Gasteiger partial charge in [0.2, 0.25) is 5.91 Å². The van der Waals surface area contributed by atoms with E-state index in [1.807, 2.05) is 39.5 Å². The Morgan fingerprint density at radius 1 is 1.28 bits per heavy atom. The lowest BCUT2D eigenvalue weighted by Crippen LogP contribution is -2.40. The minimum atomic E-state index is -0.399. The average molecular weight is 251 g/mol. The second-order valence-corrected chi connectivity index (χ2v) is 5.57. The molecule has 1 atom stereocenters. The fourth-order valence-corrected chi connectivity index (χ4v) is 1.95. The van der Waals surface area contributed by atoms with Crippen LogP contribution in [0, 0.1) is 11.2 Å². The largest absolute Gasteiger partial charge is 0.336 e. The molecule has 1 aromatic carbocycles. The van der Waals surface area contributed by atoms with Crippen molar-refractivity contribution < 1.29 is 9.18 Å². The number of nitrogens with zero attached hydrogens (tertiary/aromatic N) is 1. The molecular formula is C15H22FNO. The second-order valence-electron chi connectivity index (χ2n) is 5.57. The normalized spacial score (nSPS) is 13.2. The summed E-state index contributed by atoms with van der Waals surface area (Å²) >= 11 is 0. The SMILES string of the molecule is CCN(C(=O)C(C)(C)C)C(C)c1ccc(F)cc1. The van der Waals surface area contributed by atoms with Gasteiger partial charge in [-0.05, 0) is 31.5 Å². The number of benzene rings is 1. The van der Waals surface area contributed by atoms with E-state index in [9.17, 15) is 9.18 Å². The molecule has 0 aromatic heterocycles. The third-order valence-electron chi connectivity index (χ3n) is 3.06. The van der Waals surface area contributed by atoms with Gasteiger partial charge in [-0.2, -0.15) is 0 Å². The van der Waals surface area contributed by atoms with Gasteiger partial charge in [-0.3, -0.25) is 4.79 Å². The fourth-order valence-electron chi connectivity index (χ4n) is 1.95. The summed E-state index contributed by atoms with van der Waals surface area (Å²) in [7, 11) is 0. The Bertz CT molecular complexity index is 405. The molecule has 0 spiro atoms. The van der Waals surface area contributed by atoms with Crippen LogP contribution in [0.15, 0.2) is 24.3 Å². The predicted octanol–water partition coefficient (Wildman–Crippen LogP) is 3.78. The Balaban J connectivity index is 2.96. The van der Waals surface area contributed by atoms with E-state index in [-0.39, 0.29) is 17.8 Å². The van der Waals surface area contributed by atoms with Crippen LogP contribution in [0.4, 0.5) is 4.39 Å². The van der Waals surface area contributed by atoms with Crippen molar-refractivity contribution in [2.24, 2.45) is 5.41 Å². The molecule has 1 amide bonds. The molecule has 0 aliphatic rings. The topological polar surface area (TPSA) is 20.3 Å². The lowest BCUT2D eigenvalue weighted by Gasteiger charge is -2.33. The molecule has 0 fully saturated rings. The molecule has 0 radical (unpaired) electrons. The molecule has 0 aliphatic carbocycles. The van der Waals surface area contributed by atoms with Crippen LogP contribution in [-0.2, 0) is 4.79 Å². The van der Waals surface area contributed by atoms with Crippen molar-refractivity contribution in [2.75, 3.05) is 6.54 Å². The third kappa shape index (κ3) is 3.31. The zero-order chi connectivity index (χ0) is 13.9. The first-order valence-electron chi connectivity index (χ1n) is 6.34. The molecule has 1 rings (SSSR count). The van der Waals surface area contributed by atoms with Gasteiger partial charge in [-0.15, -0.1) is 0 Å². The molecule has 0 heterocycles. The first-order chi connectivity index (χ1) is 8.27. The van der Waals surface area contributed by atoms with E-state index in [2.05, 4.69) is 0 Å². The molecule has 3 heteroatoms. The molecule has 1 aromatic rings. The molecule has 100 valence electrons. The van der Waals surface area contributed by atoms with Gasteiger partial charge in [0.05, 0.1) is 6.04 Å². The smallest absolute Gasteiger partial charge is 0.228 e. The lowest BCUT2D eigenvalue weighted by molar-refractivity contribution is -0.141. The Kier molecular flexibility index (Phi) is 4.49. The monoisotopic (exact) mass is 251 g/mol. The van der Waals surface area contributed by atoms with Gasteiger partial charge in [0.1, 0.15) is 5.82 Å². The van der Waals surface area contributed by atoms with Crippen molar-refractivity contribution >= 4 is 5.91 Å². The summed E-state index contributed by atoms with van der Waals surface area (Å²) in [5, 5.41) is 0. The molecule has 0 bridgehead atoms. The highest BCUT2D eigenvalue weighted by Gasteiger charge is 2.29. The average Bonchev–Trinajstić information content (AvgIpc) is 2.29. The molecule has 0 N–H and O–H groups in total. The summed E-state index contributed by atoms with van der Waals surface area (Å²) in [5.41, 5.74) is 0.556. The number of carbonyl (C=O) groups is 1. The van der Waals surface area contributed by atoms with Crippen molar-refractivity contribution in [3.05, 3.63) is 35.6 Å². The Morgan fingerprint density at radius 2 is 1.78 bits per heavy atom. The Morgan fingerprint density at radius 3 is 2.17 bits per heavy atom. The van der Waals surface area contributed by atoms with Crippen LogP contribution in [0.3, 0.4) is 0 Å². The molecule has 1 unspecified atom stereocenters. The quantitative estimate of drug-likeness (QED) is 0.800. The highest BCUT2D eigenvalue weighted by molar-refractivity contribution is 5.81. The second kappa shape index (κ2) is 5.51. The summed E-state index contributed by atoms with van der Waals surface area (Å²) in [6.45, 7) is 10.3. The van der Waals surface area contributed by atoms with Gasteiger partial charge in [-0.1, -0.05) is 32.9 Å². The molecule has 0 saturated carbocycles. The van der Waals surface area contributed by atoms with Gasteiger partial charge < -0.3 is 4.90 Å². The van der Waals surface area contributed by atoms with E-state index in [1.54, 1.807) is 12.1 Å². The standard InChI is InChI=1S/C15H22FNO/c1-6-17(14(18)15(3,4)5)11(2)12-7-9-13(16)10-8-12/h7-11H,6H2,1-5H3. The van der Waals surface area contributed by atoms with E-state index >= 15 is 0 Å². The predicted molar refractivity (Wildman–Crippen MR) is 71.7 cm³/mol.